The van der Waals surface area contributed by atoms with Gasteiger partial charge in [0, 0.05) is 19.2 Å². The summed E-state index contributed by atoms with van der Waals surface area (Å²) in [6.07, 6.45) is 0.192. The van der Waals surface area contributed by atoms with E-state index in [2.05, 4.69) is 31.2 Å². The van der Waals surface area contributed by atoms with Crippen LogP contribution in [-0.2, 0) is 4.74 Å². The maximum absolute atomic E-state index is 14.1. The summed E-state index contributed by atoms with van der Waals surface area (Å²) >= 11 is 8.99. The number of amides is 1. The zero-order valence-electron chi connectivity index (χ0n) is 13.4. The highest BCUT2D eigenvalue weighted by atomic mass is 79.9. The van der Waals surface area contributed by atoms with Crippen molar-refractivity contribution < 1.29 is 18.3 Å². The van der Waals surface area contributed by atoms with E-state index in [0.717, 1.165) is 0 Å². The van der Waals surface area contributed by atoms with Gasteiger partial charge in [-0.1, -0.05) is 0 Å². The molecule has 0 radical (unpaired) electrons. The number of rotatable bonds is 2. The van der Waals surface area contributed by atoms with Gasteiger partial charge in [0.15, 0.2) is 0 Å². The van der Waals surface area contributed by atoms with Crippen molar-refractivity contribution in [3.05, 3.63) is 16.0 Å². The van der Waals surface area contributed by atoms with E-state index in [1.54, 1.807) is 20.8 Å². The van der Waals surface area contributed by atoms with E-state index < -0.39 is 36.6 Å². The zero-order valence-corrected chi connectivity index (χ0v) is 15.8. The molecule has 1 aliphatic heterocycles. The van der Waals surface area contributed by atoms with Crippen LogP contribution in [0.2, 0.25) is 5.28 Å². The molecule has 0 aromatic carbocycles. The predicted molar refractivity (Wildman–Crippen MR) is 89.7 cm³/mol. The van der Waals surface area contributed by atoms with Gasteiger partial charge in [0.2, 0.25) is 5.28 Å². The lowest BCUT2D eigenvalue weighted by Gasteiger charge is -2.38. The van der Waals surface area contributed by atoms with Crippen LogP contribution in [0.1, 0.15) is 27.2 Å². The number of alkyl carbamates (subject to hydrolysis) is 1. The van der Waals surface area contributed by atoms with Gasteiger partial charge >= 0.3 is 6.09 Å². The number of alkyl halides is 2. The molecule has 1 amide bonds. The molecule has 1 aromatic rings. The van der Waals surface area contributed by atoms with E-state index in [4.69, 9.17) is 16.3 Å². The van der Waals surface area contributed by atoms with Gasteiger partial charge in [0.05, 0.1) is 17.1 Å². The summed E-state index contributed by atoms with van der Waals surface area (Å²) in [6, 6.07) is -0.788. The van der Waals surface area contributed by atoms with Crippen LogP contribution >= 0.6 is 27.5 Å². The molecule has 0 saturated carbocycles. The Bertz CT molecular complexity index is 627. The Kier molecular flexibility index (Phi) is 5.54. The molecule has 1 fully saturated rings. The molecule has 0 bridgehead atoms. The summed E-state index contributed by atoms with van der Waals surface area (Å²) in [5.41, 5.74) is -0.704. The fourth-order valence-electron chi connectivity index (χ4n) is 2.39. The Morgan fingerprint density at radius 1 is 1.54 bits per heavy atom. The minimum atomic E-state index is -2.99. The van der Waals surface area contributed by atoms with Crippen LogP contribution in [0.5, 0.6) is 0 Å². The van der Waals surface area contributed by atoms with Crippen LogP contribution in [0.4, 0.5) is 19.4 Å². The third-order valence-corrected chi connectivity index (χ3v) is 3.87. The second kappa shape index (κ2) is 6.95. The maximum atomic E-state index is 14.1. The van der Waals surface area contributed by atoms with Gasteiger partial charge in [-0.15, -0.1) is 0 Å². The fourth-order valence-corrected chi connectivity index (χ4v) is 2.96. The largest absolute Gasteiger partial charge is 0.444 e. The SMILES string of the molecule is CC(C)(C)OC(=O)NC1CN(c2nc(Cl)ncc2Br)CC(F)(F)C1. The second-order valence-corrected chi connectivity index (χ2v) is 7.79. The summed E-state index contributed by atoms with van der Waals surface area (Å²) in [7, 11) is 0. The lowest BCUT2D eigenvalue weighted by atomic mass is 10.0. The molecule has 1 unspecified atom stereocenters. The number of carbonyl (C=O) groups is 1. The number of nitrogens with one attached hydrogen (secondary N) is 1. The predicted octanol–water partition coefficient (Wildman–Crippen LogP) is 3.63. The van der Waals surface area contributed by atoms with Crippen LogP contribution < -0.4 is 10.2 Å². The molecule has 1 saturated heterocycles. The summed E-state index contributed by atoms with van der Waals surface area (Å²) < 4.78 is 33.7. The average molecular weight is 428 g/mol. The lowest BCUT2D eigenvalue weighted by Crippen LogP contribution is -2.56. The van der Waals surface area contributed by atoms with Crippen molar-refractivity contribution in [1.82, 2.24) is 15.3 Å². The summed E-state index contributed by atoms with van der Waals surface area (Å²) in [5.74, 6) is -2.74. The van der Waals surface area contributed by atoms with Gasteiger partial charge in [-0.3, -0.25) is 0 Å². The van der Waals surface area contributed by atoms with Crippen molar-refractivity contribution in [1.29, 1.82) is 0 Å². The van der Waals surface area contributed by atoms with Crippen molar-refractivity contribution in [3.63, 3.8) is 0 Å². The molecule has 6 nitrogen and oxygen atoms in total. The smallest absolute Gasteiger partial charge is 0.407 e. The summed E-state index contributed by atoms with van der Waals surface area (Å²) in [6.45, 7) is 4.74. The first-order valence-corrected chi connectivity index (χ1v) is 8.43. The molecule has 2 heterocycles. The van der Waals surface area contributed by atoms with E-state index >= 15 is 0 Å². The van der Waals surface area contributed by atoms with E-state index in [1.165, 1.54) is 11.1 Å². The number of anilines is 1. The number of carbonyl (C=O) groups excluding carboxylic acids is 1. The molecular weight excluding hydrogens is 410 g/mol. The Morgan fingerprint density at radius 2 is 2.21 bits per heavy atom. The molecule has 10 heteroatoms. The second-order valence-electron chi connectivity index (χ2n) is 6.59. The maximum Gasteiger partial charge on any atom is 0.407 e. The molecule has 1 aromatic heterocycles. The Hall–Kier alpha value is -1.22. The van der Waals surface area contributed by atoms with Crippen molar-refractivity contribution >= 4 is 39.4 Å². The van der Waals surface area contributed by atoms with Crippen molar-refractivity contribution in [3.8, 4) is 0 Å². The summed E-state index contributed by atoms with van der Waals surface area (Å²) in [4.78, 5) is 21.0. The molecule has 0 spiro atoms. The average Bonchev–Trinajstić information content (AvgIpc) is 2.37. The van der Waals surface area contributed by atoms with Crippen molar-refractivity contribution in [2.45, 2.75) is 44.8 Å². The Labute approximate surface area is 152 Å². The highest BCUT2D eigenvalue weighted by molar-refractivity contribution is 9.10. The standard InChI is InChI=1S/C14H18BrClF2N4O2/c1-13(2,3)24-12(23)20-8-4-14(17,18)7-22(6-8)10-9(15)5-19-11(16)21-10/h5,8H,4,6-7H2,1-3H3,(H,20,23). The van der Waals surface area contributed by atoms with Crippen LogP contribution in [-0.4, -0.2) is 46.7 Å². The van der Waals surface area contributed by atoms with Crippen molar-refractivity contribution in [2.75, 3.05) is 18.0 Å². The highest BCUT2D eigenvalue weighted by Crippen LogP contribution is 2.33. The van der Waals surface area contributed by atoms with Gasteiger partial charge in [0.25, 0.3) is 5.92 Å². The monoisotopic (exact) mass is 426 g/mol. The van der Waals surface area contributed by atoms with Crippen LogP contribution in [0.25, 0.3) is 0 Å². The number of aromatic nitrogens is 2. The highest BCUT2D eigenvalue weighted by Gasteiger charge is 2.42. The van der Waals surface area contributed by atoms with E-state index in [1.807, 2.05) is 0 Å². The lowest BCUT2D eigenvalue weighted by molar-refractivity contribution is -0.0232. The molecular formula is C14H18BrClF2N4O2. The number of piperidine rings is 1. The molecule has 1 atom stereocenters. The molecule has 24 heavy (non-hydrogen) atoms. The van der Waals surface area contributed by atoms with Gasteiger partial charge in [-0.25, -0.2) is 18.6 Å². The normalized spacial score (nSPS) is 20.6. The fraction of sp³-hybridized carbons (Fsp3) is 0.643. The summed E-state index contributed by atoms with van der Waals surface area (Å²) in [5, 5.41) is 2.45. The molecule has 0 aliphatic carbocycles. The minimum Gasteiger partial charge on any atom is -0.444 e. The van der Waals surface area contributed by atoms with Gasteiger partial charge < -0.3 is 15.0 Å². The topological polar surface area (TPSA) is 67.3 Å². The molecule has 134 valence electrons. The quantitative estimate of drug-likeness (QED) is 0.730. The Morgan fingerprint density at radius 3 is 2.83 bits per heavy atom. The number of nitrogens with zero attached hydrogens (tertiary/aromatic N) is 3. The van der Waals surface area contributed by atoms with Crippen LogP contribution in [0.3, 0.4) is 0 Å². The number of halogens is 4. The van der Waals surface area contributed by atoms with E-state index in [0.29, 0.717) is 4.47 Å². The van der Waals surface area contributed by atoms with Crippen molar-refractivity contribution in [2.24, 2.45) is 0 Å². The molecule has 1 N–H and O–H groups in total. The van der Waals surface area contributed by atoms with Crippen LogP contribution in [0, 0.1) is 0 Å². The van der Waals surface area contributed by atoms with Crippen LogP contribution in [0.15, 0.2) is 10.7 Å². The van der Waals surface area contributed by atoms with E-state index in [9.17, 15) is 13.6 Å². The van der Waals surface area contributed by atoms with Gasteiger partial charge in [-0.2, -0.15) is 4.98 Å². The Balaban J connectivity index is 2.15. The minimum absolute atomic E-state index is 0.0428. The van der Waals surface area contributed by atoms with Gasteiger partial charge in [0.1, 0.15) is 11.4 Å². The third-order valence-electron chi connectivity index (χ3n) is 3.12. The first-order chi connectivity index (χ1) is 11.0. The first-order valence-electron chi connectivity index (χ1n) is 7.25. The third kappa shape index (κ3) is 5.41. The number of hydrogen-bond donors (Lipinski definition) is 1. The zero-order chi connectivity index (χ0) is 18.1. The molecule has 1 aliphatic rings. The van der Waals surface area contributed by atoms with E-state index in [-0.39, 0.29) is 17.6 Å². The first kappa shape index (κ1) is 19.1. The molecule has 2 rings (SSSR count). The number of ether oxygens (including phenoxy) is 1. The number of hydrogen-bond acceptors (Lipinski definition) is 5. The van der Waals surface area contributed by atoms with Gasteiger partial charge in [-0.05, 0) is 48.3 Å².